The van der Waals surface area contributed by atoms with E-state index in [-0.39, 0.29) is 11.9 Å². The third-order valence-corrected chi connectivity index (χ3v) is 3.40. The van der Waals surface area contributed by atoms with E-state index in [1.807, 2.05) is 0 Å². The molecule has 0 spiro atoms. The van der Waals surface area contributed by atoms with Gasteiger partial charge < -0.3 is 10.6 Å². The normalized spacial score (nSPS) is 24.3. The maximum absolute atomic E-state index is 11.5. The van der Waals surface area contributed by atoms with E-state index in [0.29, 0.717) is 5.75 Å². The Morgan fingerprint density at radius 1 is 1.53 bits per heavy atom. The van der Waals surface area contributed by atoms with Crippen LogP contribution in [0, 0.1) is 0 Å². The molecule has 5 heteroatoms. The van der Waals surface area contributed by atoms with Gasteiger partial charge in [-0.1, -0.05) is 0 Å². The third-order valence-electron chi connectivity index (χ3n) is 2.53. The molecule has 0 bridgehead atoms. The lowest BCUT2D eigenvalue weighted by Crippen LogP contribution is -2.43. The zero-order valence-electron chi connectivity index (χ0n) is 9.25. The Labute approximate surface area is 93.7 Å². The van der Waals surface area contributed by atoms with Crippen molar-refractivity contribution in [3.05, 3.63) is 0 Å². The molecule has 0 aromatic heterocycles. The van der Waals surface area contributed by atoms with Crippen LogP contribution in [0.1, 0.15) is 25.7 Å². The third kappa shape index (κ3) is 5.28. The average Bonchev–Trinajstić information content (AvgIpc) is 2.38. The summed E-state index contributed by atoms with van der Waals surface area (Å²) in [4.78, 5) is 11.5. The van der Waals surface area contributed by atoms with Gasteiger partial charge in [-0.05, 0) is 32.2 Å². The predicted molar refractivity (Wildman–Crippen MR) is 62.2 cm³/mol. The van der Waals surface area contributed by atoms with Crippen LogP contribution >= 0.6 is 0 Å². The first-order valence-corrected chi connectivity index (χ1v) is 7.24. The molecule has 0 aromatic carbocycles. The van der Waals surface area contributed by atoms with Gasteiger partial charge in [0.15, 0.2) is 0 Å². The van der Waals surface area contributed by atoms with Crippen molar-refractivity contribution in [2.75, 3.05) is 25.1 Å². The van der Waals surface area contributed by atoms with Gasteiger partial charge in [0, 0.05) is 29.4 Å². The van der Waals surface area contributed by atoms with E-state index in [4.69, 9.17) is 0 Å². The molecule has 1 saturated heterocycles. The number of amides is 1. The molecule has 0 radical (unpaired) electrons. The summed E-state index contributed by atoms with van der Waals surface area (Å²) in [5.41, 5.74) is 0. The van der Waals surface area contributed by atoms with Crippen molar-refractivity contribution in [3.8, 4) is 0 Å². The summed E-state index contributed by atoms with van der Waals surface area (Å²) in [5.74, 6) is 0.826. The van der Waals surface area contributed by atoms with Gasteiger partial charge in [0.2, 0.25) is 5.91 Å². The largest absolute Gasteiger partial charge is 0.355 e. The molecule has 1 aliphatic rings. The van der Waals surface area contributed by atoms with E-state index < -0.39 is 10.8 Å². The highest BCUT2D eigenvalue weighted by molar-refractivity contribution is 7.84. The van der Waals surface area contributed by atoms with Crippen LogP contribution in [0.3, 0.4) is 0 Å². The summed E-state index contributed by atoms with van der Waals surface area (Å²) >= 11 is 0. The summed E-state index contributed by atoms with van der Waals surface area (Å²) in [6, 6.07) is -0.0437. The van der Waals surface area contributed by atoms with E-state index in [1.54, 1.807) is 6.26 Å². The number of hydrogen-bond donors (Lipinski definition) is 2. The predicted octanol–water partition coefficient (Wildman–Crippen LogP) is 0.0133. The van der Waals surface area contributed by atoms with Gasteiger partial charge in [-0.25, -0.2) is 0 Å². The van der Waals surface area contributed by atoms with E-state index in [1.165, 1.54) is 0 Å². The molecule has 1 fully saturated rings. The molecular formula is C10H20N2O2S. The second kappa shape index (κ2) is 6.95. The van der Waals surface area contributed by atoms with Crippen LogP contribution in [0.4, 0.5) is 0 Å². The van der Waals surface area contributed by atoms with Crippen LogP contribution < -0.4 is 10.6 Å². The summed E-state index contributed by atoms with van der Waals surface area (Å²) in [6.07, 6.45) is 5.66. The van der Waals surface area contributed by atoms with Gasteiger partial charge in [0.1, 0.15) is 0 Å². The van der Waals surface area contributed by atoms with Crippen LogP contribution in [0.15, 0.2) is 0 Å². The van der Waals surface area contributed by atoms with Gasteiger partial charge in [0.25, 0.3) is 0 Å². The average molecular weight is 232 g/mol. The van der Waals surface area contributed by atoms with Gasteiger partial charge in [0.05, 0.1) is 6.04 Å². The van der Waals surface area contributed by atoms with Crippen molar-refractivity contribution >= 4 is 16.7 Å². The number of rotatable bonds is 5. The molecule has 1 rings (SSSR count). The molecule has 88 valence electrons. The molecule has 2 N–H and O–H groups in total. The Hall–Kier alpha value is -0.420. The van der Waals surface area contributed by atoms with Crippen LogP contribution in [0.5, 0.6) is 0 Å². The number of carbonyl (C=O) groups is 1. The zero-order chi connectivity index (χ0) is 11.1. The maximum atomic E-state index is 11.5. The SMILES string of the molecule is CS(=O)CCCNC1CCCCNC1=O. The second-order valence-corrected chi connectivity index (χ2v) is 5.48. The molecule has 0 aliphatic carbocycles. The molecule has 2 unspecified atom stereocenters. The lowest BCUT2D eigenvalue weighted by atomic mass is 10.1. The first-order chi connectivity index (χ1) is 7.20. The smallest absolute Gasteiger partial charge is 0.237 e. The summed E-state index contributed by atoms with van der Waals surface area (Å²) in [6.45, 7) is 1.58. The van der Waals surface area contributed by atoms with Crippen molar-refractivity contribution in [2.24, 2.45) is 0 Å². The Morgan fingerprint density at radius 2 is 2.33 bits per heavy atom. The monoisotopic (exact) mass is 232 g/mol. The summed E-state index contributed by atoms with van der Waals surface area (Å²) < 4.78 is 10.8. The van der Waals surface area contributed by atoms with Crippen molar-refractivity contribution < 1.29 is 9.00 Å². The first kappa shape index (κ1) is 12.6. The minimum absolute atomic E-state index is 0.0437. The fourth-order valence-electron chi connectivity index (χ4n) is 1.69. The van der Waals surface area contributed by atoms with E-state index in [9.17, 15) is 9.00 Å². The minimum Gasteiger partial charge on any atom is -0.355 e. The molecular weight excluding hydrogens is 212 g/mol. The quantitative estimate of drug-likeness (QED) is 0.657. The Bertz CT molecular complexity index is 233. The number of hydrogen-bond acceptors (Lipinski definition) is 3. The fraction of sp³-hybridized carbons (Fsp3) is 0.900. The first-order valence-electron chi connectivity index (χ1n) is 5.51. The van der Waals surface area contributed by atoms with Crippen molar-refractivity contribution in [2.45, 2.75) is 31.7 Å². The highest BCUT2D eigenvalue weighted by Gasteiger charge is 2.19. The van der Waals surface area contributed by atoms with Gasteiger partial charge >= 0.3 is 0 Å². The van der Waals surface area contributed by atoms with Gasteiger partial charge in [-0.2, -0.15) is 0 Å². The fourth-order valence-corrected chi connectivity index (χ4v) is 2.24. The lowest BCUT2D eigenvalue weighted by Gasteiger charge is -2.14. The van der Waals surface area contributed by atoms with E-state index in [2.05, 4.69) is 10.6 Å². The van der Waals surface area contributed by atoms with Crippen LogP contribution in [-0.4, -0.2) is 41.3 Å². The molecule has 0 aromatic rings. The highest BCUT2D eigenvalue weighted by atomic mass is 32.2. The number of nitrogens with one attached hydrogen (secondary N) is 2. The molecule has 1 amide bonds. The molecule has 1 aliphatic heterocycles. The van der Waals surface area contributed by atoms with Crippen molar-refractivity contribution in [3.63, 3.8) is 0 Å². The second-order valence-electron chi connectivity index (χ2n) is 3.92. The van der Waals surface area contributed by atoms with Crippen molar-refractivity contribution in [1.82, 2.24) is 10.6 Å². The highest BCUT2D eigenvalue weighted by Crippen LogP contribution is 2.05. The van der Waals surface area contributed by atoms with Crippen molar-refractivity contribution in [1.29, 1.82) is 0 Å². The Morgan fingerprint density at radius 3 is 3.07 bits per heavy atom. The van der Waals surface area contributed by atoms with Gasteiger partial charge in [-0.15, -0.1) is 0 Å². The Kier molecular flexibility index (Phi) is 5.86. The molecule has 0 saturated carbocycles. The Balaban J connectivity index is 2.18. The standard InChI is InChI=1S/C10H20N2O2S/c1-15(14)8-4-7-11-9-5-2-3-6-12-10(9)13/h9,11H,2-8H2,1H3,(H,12,13). The van der Waals surface area contributed by atoms with Crippen LogP contribution in [0.2, 0.25) is 0 Å². The topological polar surface area (TPSA) is 58.2 Å². The van der Waals surface area contributed by atoms with E-state index in [0.717, 1.165) is 38.8 Å². The zero-order valence-corrected chi connectivity index (χ0v) is 10.1. The van der Waals surface area contributed by atoms with Crippen LogP contribution in [-0.2, 0) is 15.6 Å². The van der Waals surface area contributed by atoms with Crippen LogP contribution in [0.25, 0.3) is 0 Å². The minimum atomic E-state index is -0.725. The summed E-state index contributed by atoms with van der Waals surface area (Å²) in [5, 5.41) is 6.10. The lowest BCUT2D eigenvalue weighted by molar-refractivity contribution is -0.122. The molecule has 2 atom stereocenters. The summed E-state index contributed by atoms with van der Waals surface area (Å²) in [7, 11) is -0.725. The molecule has 4 nitrogen and oxygen atoms in total. The van der Waals surface area contributed by atoms with E-state index >= 15 is 0 Å². The maximum Gasteiger partial charge on any atom is 0.237 e. The molecule has 1 heterocycles. The van der Waals surface area contributed by atoms with Gasteiger partial charge in [-0.3, -0.25) is 9.00 Å². The number of carbonyl (C=O) groups excluding carboxylic acids is 1. The molecule has 15 heavy (non-hydrogen) atoms.